The van der Waals surface area contributed by atoms with Gasteiger partial charge in [0.15, 0.2) is 0 Å². The molecule has 0 bridgehead atoms. The average Bonchev–Trinajstić information content (AvgIpc) is 2.30. The maximum atomic E-state index is 8.82. The Morgan fingerprint density at radius 1 is 0.957 bits per heavy atom. The molecule has 23 heavy (non-hydrogen) atoms. The standard InChI is InChI=1S/C10H21N.C10H17N.CH4/c2*1-8(2)6-9(7-11)10(3,4)5;/h9H,1,6-7,11H2,2-5H3;9H,1,6H2,2-5H3;1H4. The second-order valence-electron chi connectivity index (χ2n) is 8.67. The van der Waals surface area contributed by atoms with E-state index in [1.54, 1.807) is 0 Å². The van der Waals surface area contributed by atoms with Crippen molar-refractivity contribution in [2.24, 2.45) is 28.4 Å². The van der Waals surface area contributed by atoms with Crippen LogP contribution in [-0.2, 0) is 0 Å². The first-order chi connectivity index (χ1) is 9.75. The van der Waals surface area contributed by atoms with Gasteiger partial charge in [-0.25, -0.2) is 0 Å². The molecule has 0 spiro atoms. The van der Waals surface area contributed by atoms with Crippen molar-refractivity contribution in [2.45, 2.75) is 75.7 Å². The molecule has 0 amide bonds. The number of hydrogen-bond donors (Lipinski definition) is 1. The minimum atomic E-state index is 0. The van der Waals surface area contributed by atoms with Crippen LogP contribution in [0.5, 0.6) is 0 Å². The van der Waals surface area contributed by atoms with Gasteiger partial charge in [-0.3, -0.25) is 0 Å². The second kappa shape index (κ2) is 11.5. The highest BCUT2D eigenvalue weighted by Gasteiger charge is 2.24. The van der Waals surface area contributed by atoms with Crippen LogP contribution in [0.2, 0.25) is 0 Å². The Labute approximate surface area is 146 Å². The molecule has 0 saturated heterocycles. The van der Waals surface area contributed by atoms with Crippen molar-refractivity contribution < 1.29 is 0 Å². The van der Waals surface area contributed by atoms with E-state index in [0.717, 1.165) is 25.0 Å². The Kier molecular flexibility index (Phi) is 13.4. The van der Waals surface area contributed by atoms with Crippen molar-refractivity contribution in [3.05, 3.63) is 24.3 Å². The topological polar surface area (TPSA) is 49.8 Å². The van der Waals surface area contributed by atoms with E-state index in [9.17, 15) is 0 Å². The number of nitriles is 1. The summed E-state index contributed by atoms with van der Waals surface area (Å²) in [5.41, 5.74) is 8.38. The summed E-state index contributed by atoms with van der Waals surface area (Å²) < 4.78 is 0. The summed E-state index contributed by atoms with van der Waals surface area (Å²) in [6.07, 6.45) is 1.88. The van der Waals surface area contributed by atoms with Crippen LogP contribution in [0.15, 0.2) is 24.3 Å². The maximum Gasteiger partial charge on any atom is 0.0664 e. The maximum absolute atomic E-state index is 8.82. The van der Waals surface area contributed by atoms with E-state index in [1.165, 1.54) is 5.57 Å². The highest BCUT2D eigenvalue weighted by Crippen LogP contribution is 2.30. The molecule has 0 aliphatic carbocycles. The minimum Gasteiger partial charge on any atom is -0.330 e. The predicted octanol–water partition coefficient (Wildman–Crippen LogP) is 6.35. The Balaban J connectivity index is -0.000000333. The van der Waals surface area contributed by atoms with Crippen molar-refractivity contribution in [3.63, 3.8) is 0 Å². The van der Waals surface area contributed by atoms with Gasteiger partial charge < -0.3 is 5.73 Å². The van der Waals surface area contributed by atoms with E-state index >= 15 is 0 Å². The van der Waals surface area contributed by atoms with Crippen LogP contribution in [0.1, 0.15) is 75.7 Å². The highest BCUT2D eigenvalue weighted by molar-refractivity contribution is 5.01. The summed E-state index contributed by atoms with van der Waals surface area (Å²) in [6.45, 7) is 25.4. The van der Waals surface area contributed by atoms with Gasteiger partial charge in [-0.15, -0.1) is 13.2 Å². The molecule has 0 rings (SSSR count). The molecule has 0 aromatic rings. The van der Waals surface area contributed by atoms with Crippen molar-refractivity contribution in [1.82, 2.24) is 0 Å². The molecule has 0 saturated carbocycles. The summed E-state index contributed by atoms with van der Waals surface area (Å²) in [5, 5.41) is 8.82. The number of nitrogens with two attached hydrogens (primary N) is 1. The van der Waals surface area contributed by atoms with Crippen LogP contribution in [0.3, 0.4) is 0 Å². The third-order valence-electron chi connectivity index (χ3n) is 3.86. The largest absolute Gasteiger partial charge is 0.330 e. The van der Waals surface area contributed by atoms with Gasteiger partial charge in [-0.05, 0) is 50.0 Å². The van der Waals surface area contributed by atoms with Crippen LogP contribution in [0.4, 0.5) is 0 Å². The molecule has 2 heteroatoms. The SMILES string of the molecule is C.C=C(C)CC(C#N)C(C)(C)C.C=C(C)CC(CN)C(C)(C)C. The van der Waals surface area contributed by atoms with Crippen LogP contribution in [-0.4, -0.2) is 6.54 Å². The summed E-state index contributed by atoms with van der Waals surface area (Å²) in [5.74, 6) is 0.667. The summed E-state index contributed by atoms with van der Waals surface area (Å²) in [6, 6.07) is 2.31. The van der Waals surface area contributed by atoms with E-state index in [1.807, 2.05) is 6.92 Å². The van der Waals surface area contributed by atoms with Crippen molar-refractivity contribution >= 4 is 0 Å². The fraction of sp³-hybridized carbons (Fsp3) is 0.762. The van der Waals surface area contributed by atoms with E-state index in [2.05, 4.69) is 67.7 Å². The zero-order valence-corrected chi connectivity index (χ0v) is 16.2. The molecule has 0 aliphatic rings. The molecule has 0 aromatic heterocycles. The van der Waals surface area contributed by atoms with Crippen LogP contribution in [0.25, 0.3) is 0 Å². The molecular weight excluding hydrogens is 280 g/mol. The number of allylic oxidation sites excluding steroid dienone is 2. The van der Waals surface area contributed by atoms with Crippen LogP contribution < -0.4 is 5.73 Å². The van der Waals surface area contributed by atoms with Gasteiger partial charge in [-0.1, -0.05) is 60.1 Å². The highest BCUT2D eigenvalue weighted by atomic mass is 14.6. The third-order valence-corrected chi connectivity index (χ3v) is 3.86. The van der Waals surface area contributed by atoms with Gasteiger partial charge in [0, 0.05) is 0 Å². The fourth-order valence-corrected chi connectivity index (χ4v) is 2.06. The molecular formula is C21H42N2. The molecule has 136 valence electrons. The zero-order chi connectivity index (χ0) is 18.1. The summed E-state index contributed by atoms with van der Waals surface area (Å²) in [4.78, 5) is 0. The minimum absolute atomic E-state index is 0. The first-order valence-corrected chi connectivity index (χ1v) is 8.14. The molecule has 2 N–H and O–H groups in total. The van der Waals surface area contributed by atoms with Crippen LogP contribution >= 0.6 is 0 Å². The van der Waals surface area contributed by atoms with Crippen molar-refractivity contribution in [1.29, 1.82) is 5.26 Å². The Bertz CT molecular complexity index is 386. The van der Waals surface area contributed by atoms with Crippen LogP contribution in [0, 0.1) is 34.0 Å². The lowest BCUT2D eigenvalue weighted by atomic mass is 9.77. The molecule has 2 nitrogen and oxygen atoms in total. The fourth-order valence-electron chi connectivity index (χ4n) is 2.06. The van der Waals surface area contributed by atoms with E-state index in [4.69, 9.17) is 11.0 Å². The lowest BCUT2D eigenvalue weighted by molar-refractivity contribution is 0.245. The monoisotopic (exact) mass is 322 g/mol. The van der Waals surface area contributed by atoms with Gasteiger partial charge in [0.2, 0.25) is 0 Å². The number of nitrogens with zero attached hydrogens (tertiary/aromatic N) is 1. The number of rotatable bonds is 5. The van der Waals surface area contributed by atoms with Gasteiger partial charge in [0.25, 0.3) is 0 Å². The quantitative estimate of drug-likeness (QED) is 0.600. The molecule has 2 atom stereocenters. The summed E-state index contributed by atoms with van der Waals surface area (Å²) >= 11 is 0. The van der Waals surface area contributed by atoms with Crippen molar-refractivity contribution in [3.8, 4) is 6.07 Å². The molecule has 0 aromatic carbocycles. The van der Waals surface area contributed by atoms with E-state index in [-0.39, 0.29) is 18.8 Å². The second-order valence-corrected chi connectivity index (χ2v) is 8.67. The normalized spacial score (nSPS) is 13.6. The van der Waals surface area contributed by atoms with Gasteiger partial charge in [0.05, 0.1) is 12.0 Å². The molecule has 0 aliphatic heterocycles. The predicted molar refractivity (Wildman–Crippen MR) is 106 cm³/mol. The Hall–Kier alpha value is -1.07. The third kappa shape index (κ3) is 14.3. The first kappa shape index (κ1) is 26.8. The van der Waals surface area contributed by atoms with Gasteiger partial charge in [0.1, 0.15) is 0 Å². The van der Waals surface area contributed by atoms with E-state index < -0.39 is 0 Å². The van der Waals surface area contributed by atoms with Gasteiger partial charge in [-0.2, -0.15) is 5.26 Å². The molecule has 0 radical (unpaired) electrons. The zero-order valence-electron chi connectivity index (χ0n) is 16.2. The molecule has 2 unspecified atom stereocenters. The lowest BCUT2D eigenvalue weighted by Crippen LogP contribution is -2.28. The van der Waals surface area contributed by atoms with Gasteiger partial charge >= 0.3 is 0 Å². The number of hydrogen-bond acceptors (Lipinski definition) is 2. The first-order valence-electron chi connectivity index (χ1n) is 8.14. The molecule has 0 heterocycles. The smallest absolute Gasteiger partial charge is 0.0664 e. The van der Waals surface area contributed by atoms with E-state index in [0.29, 0.717) is 11.3 Å². The Morgan fingerprint density at radius 3 is 1.43 bits per heavy atom. The average molecular weight is 323 g/mol. The Morgan fingerprint density at radius 2 is 1.35 bits per heavy atom. The lowest BCUT2D eigenvalue weighted by Gasteiger charge is -2.29. The molecule has 0 fully saturated rings. The summed E-state index contributed by atoms with van der Waals surface area (Å²) in [7, 11) is 0. The van der Waals surface area contributed by atoms with Crippen molar-refractivity contribution in [2.75, 3.05) is 6.54 Å².